The van der Waals surface area contributed by atoms with Gasteiger partial charge in [-0.3, -0.25) is 14.9 Å². The molecule has 0 atom stereocenters. The molecule has 0 aliphatic rings. The summed E-state index contributed by atoms with van der Waals surface area (Å²) in [5.41, 5.74) is 0.701. The predicted molar refractivity (Wildman–Crippen MR) is 99.0 cm³/mol. The maximum Gasteiger partial charge on any atom is 0.292 e. The topological polar surface area (TPSA) is 98.3 Å². The number of nitro benzene ring substituents is 1. The third-order valence-electron chi connectivity index (χ3n) is 3.54. The van der Waals surface area contributed by atoms with Crippen LogP contribution in [0, 0.1) is 15.9 Å². The number of benzene rings is 2. The van der Waals surface area contributed by atoms with Gasteiger partial charge >= 0.3 is 0 Å². The van der Waals surface area contributed by atoms with E-state index >= 15 is 0 Å². The summed E-state index contributed by atoms with van der Waals surface area (Å²) in [6.07, 6.45) is 1.66. The summed E-state index contributed by atoms with van der Waals surface area (Å²) in [5.74, 6) is 0.206. The van der Waals surface area contributed by atoms with Crippen LogP contribution in [-0.2, 0) is 4.79 Å². The normalized spacial score (nSPS) is 10.6. The van der Waals surface area contributed by atoms with E-state index in [9.17, 15) is 19.3 Å². The van der Waals surface area contributed by atoms with Gasteiger partial charge in [0.1, 0.15) is 11.5 Å². The molecule has 0 fully saturated rings. The number of hydrogen-bond donors (Lipinski definition) is 1. The molecule has 0 aliphatic heterocycles. The van der Waals surface area contributed by atoms with E-state index in [0.29, 0.717) is 22.3 Å². The number of hydrogen-bond acceptors (Lipinski definition) is 6. The summed E-state index contributed by atoms with van der Waals surface area (Å²) in [6, 6.07) is 11.8. The number of oxazole rings is 1. The molecule has 0 saturated carbocycles. The van der Waals surface area contributed by atoms with E-state index < -0.39 is 4.92 Å². The SMILES string of the molecule is O=C(CCSc1ncc(-c2ccc(F)cc2)o1)Nc1ccccc1[N+](=O)[O-]. The van der Waals surface area contributed by atoms with Gasteiger partial charge in [-0.25, -0.2) is 9.37 Å². The molecule has 2 aromatic carbocycles. The van der Waals surface area contributed by atoms with Crippen molar-refractivity contribution in [3.05, 3.63) is 70.7 Å². The van der Waals surface area contributed by atoms with Crippen LogP contribution >= 0.6 is 11.8 Å². The number of thioether (sulfide) groups is 1. The van der Waals surface area contributed by atoms with Crippen molar-refractivity contribution in [3.63, 3.8) is 0 Å². The number of carbonyl (C=O) groups is 1. The molecule has 1 N–H and O–H groups in total. The zero-order valence-corrected chi connectivity index (χ0v) is 14.7. The fraction of sp³-hybridized carbons (Fsp3) is 0.111. The van der Waals surface area contributed by atoms with Crippen molar-refractivity contribution >= 4 is 29.0 Å². The molecule has 138 valence electrons. The van der Waals surface area contributed by atoms with E-state index in [2.05, 4.69) is 10.3 Å². The van der Waals surface area contributed by atoms with Crippen molar-refractivity contribution in [2.24, 2.45) is 0 Å². The predicted octanol–water partition coefficient (Wildman–Crippen LogP) is 4.51. The first-order valence-electron chi connectivity index (χ1n) is 7.91. The highest BCUT2D eigenvalue weighted by molar-refractivity contribution is 7.99. The van der Waals surface area contributed by atoms with E-state index in [4.69, 9.17) is 4.42 Å². The number of aromatic nitrogens is 1. The average molecular weight is 387 g/mol. The summed E-state index contributed by atoms with van der Waals surface area (Å²) >= 11 is 1.24. The molecule has 1 heterocycles. The van der Waals surface area contributed by atoms with Crippen LogP contribution in [0.5, 0.6) is 0 Å². The number of amides is 1. The molecule has 1 aromatic heterocycles. The molecule has 9 heteroatoms. The Labute approximate surface area is 157 Å². The number of nitrogens with zero attached hydrogens (tertiary/aromatic N) is 2. The Kier molecular flexibility index (Phi) is 5.82. The van der Waals surface area contributed by atoms with Crippen LogP contribution in [0.15, 0.2) is 64.4 Å². The van der Waals surface area contributed by atoms with Crippen molar-refractivity contribution < 1.29 is 18.5 Å². The second kappa shape index (κ2) is 8.45. The Morgan fingerprint density at radius 1 is 1.22 bits per heavy atom. The zero-order chi connectivity index (χ0) is 19.2. The van der Waals surface area contributed by atoms with Gasteiger partial charge in [-0.15, -0.1) is 0 Å². The lowest BCUT2D eigenvalue weighted by Crippen LogP contribution is -2.13. The first-order chi connectivity index (χ1) is 13.0. The molecule has 3 aromatic rings. The quantitative estimate of drug-likeness (QED) is 0.364. The molecule has 27 heavy (non-hydrogen) atoms. The lowest BCUT2D eigenvalue weighted by atomic mass is 10.2. The number of para-hydroxylation sites is 2. The molecule has 0 bridgehead atoms. The highest BCUT2D eigenvalue weighted by atomic mass is 32.2. The maximum absolute atomic E-state index is 12.9. The lowest BCUT2D eigenvalue weighted by Gasteiger charge is -2.05. The third kappa shape index (κ3) is 4.91. The molecule has 7 nitrogen and oxygen atoms in total. The lowest BCUT2D eigenvalue weighted by molar-refractivity contribution is -0.383. The fourth-order valence-corrected chi connectivity index (χ4v) is 2.99. The summed E-state index contributed by atoms with van der Waals surface area (Å²) in [4.78, 5) is 26.5. The van der Waals surface area contributed by atoms with Gasteiger partial charge in [-0.05, 0) is 30.3 Å². The van der Waals surface area contributed by atoms with Crippen molar-refractivity contribution in [3.8, 4) is 11.3 Å². The van der Waals surface area contributed by atoms with Gasteiger partial charge in [-0.1, -0.05) is 23.9 Å². The monoisotopic (exact) mass is 387 g/mol. The van der Waals surface area contributed by atoms with E-state index in [0.717, 1.165) is 0 Å². The van der Waals surface area contributed by atoms with Crippen LogP contribution < -0.4 is 5.32 Å². The number of nitrogens with one attached hydrogen (secondary N) is 1. The minimum atomic E-state index is -0.548. The van der Waals surface area contributed by atoms with Crippen molar-refractivity contribution in [1.29, 1.82) is 0 Å². The molecule has 0 radical (unpaired) electrons. The van der Waals surface area contributed by atoms with Crippen LogP contribution in [0.4, 0.5) is 15.8 Å². The standard InChI is InChI=1S/C18H14FN3O4S/c19-13-7-5-12(6-8-13)16-11-20-18(26-16)27-10-9-17(23)21-14-3-1-2-4-15(14)22(24)25/h1-8,11H,9-10H2,(H,21,23). The minimum absolute atomic E-state index is 0.130. The molecular formula is C18H14FN3O4S. The Hall–Kier alpha value is -3.20. The summed E-state index contributed by atoms with van der Waals surface area (Å²) in [6.45, 7) is 0. The number of carbonyl (C=O) groups excluding carboxylic acids is 1. The average Bonchev–Trinajstić information content (AvgIpc) is 3.11. The van der Waals surface area contributed by atoms with Crippen molar-refractivity contribution in [1.82, 2.24) is 4.98 Å². The van der Waals surface area contributed by atoms with Gasteiger partial charge < -0.3 is 9.73 Å². The second-order valence-electron chi connectivity index (χ2n) is 5.42. The third-order valence-corrected chi connectivity index (χ3v) is 4.39. The van der Waals surface area contributed by atoms with Gasteiger partial charge in [0.15, 0.2) is 5.76 Å². The summed E-state index contributed by atoms with van der Waals surface area (Å²) < 4.78 is 18.5. The Morgan fingerprint density at radius 3 is 2.70 bits per heavy atom. The maximum atomic E-state index is 12.9. The first-order valence-corrected chi connectivity index (χ1v) is 8.89. The van der Waals surface area contributed by atoms with E-state index in [-0.39, 0.29) is 29.5 Å². The second-order valence-corrected chi connectivity index (χ2v) is 6.46. The summed E-state index contributed by atoms with van der Waals surface area (Å²) in [7, 11) is 0. The van der Waals surface area contributed by atoms with Crippen molar-refractivity contribution in [2.45, 2.75) is 11.6 Å². The summed E-state index contributed by atoms with van der Waals surface area (Å²) in [5, 5.41) is 13.9. The molecule has 3 rings (SSSR count). The largest absolute Gasteiger partial charge is 0.431 e. The van der Waals surface area contributed by atoms with Gasteiger partial charge in [0.2, 0.25) is 5.91 Å². The van der Waals surface area contributed by atoms with Crippen LogP contribution in [-0.4, -0.2) is 21.6 Å². The van der Waals surface area contributed by atoms with Gasteiger partial charge in [-0.2, -0.15) is 0 Å². The van der Waals surface area contributed by atoms with Crippen molar-refractivity contribution in [2.75, 3.05) is 11.1 Å². The molecule has 1 amide bonds. The smallest absolute Gasteiger partial charge is 0.292 e. The molecule has 0 aliphatic carbocycles. The molecule has 0 spiro atoms. The van der Waals surface area contributed by atoms with E-state index in [1.165, 1.54) is 48.3 Å². The van der Waals surface area contributed by atoms with E-state index in [1.807, 2.05) is 0 Å². The van der Waals surface area contributed by atoms with Crippen LogP contribution in [0.3, 0.4) is 0 Å². The number of rotatable bonds is 7. The molecule has 0 saturated heterocycles. The Morgan fingerprint density at radius 2 is 1.96 bits per heavy atom. The van der Waals surface area contributed by atoms with Crippen LogP contribution in [0.2, 0.25) is 0 Å². The Balaban J connectivity index is 1.52. The number of nitro groups is 1. The van der Waals surface area contributed by atoms with Gasteiger partial charge in [0.05, 0.1) is 11.1 Å². The van der Waals surface area contributed by atoms with Gasteiger partial charge in [0, 0.05) is 23.8 Å². The zero-order valence-electron chi connectivity index (χ0n) is 13.9. The first kappa shape index (κ1) is 18.6. The molecular weight excluding hydrogens is 373 g/mol. The number of halogens is 1. The highest BCUT2D eigenvalue weighted by Crippen LogP contribution is 2.27. The van der Waals surface area contributed by atoms with Crippen LogP contribution in [0.25, 0.3) is 11.3 Å². The highest BCUT2D eigenvalue weighted by Gasteiger charge is 2.15. The van der Waals surface area contributed by atoms with Gasteiger partial charge in [0.25, 0.3) is 10.9 Å². The Bertz CT molecular complexity index is 959. The molecule has 0 unspecified atom stereocenters. The number of anilines is 1. The minimum Gasteiger partial charge on any atom is -0.431 e. The van der Waals surface area contributed by atoms with E-state index in [1.54, 1.807) is 18.2 Å². The fourth-order valence-electron chi connectivity index (χ4n) is 2.25. The van der Waals surface area contributed by atoms with Crippen LogP contribution in [0.1, 0.15) is 6.42 Å².